The van der Waals surface area contributed by atoms with Gasteiger partial charge < -0.3 is 14.4 Å². The van der Waals surface area contributed by atoms with Gasteiger partial charge in [0, 0.05) is 36.4 Å². The Balaban J connectivity index is 2.03. The Hall–Kier alpha value is -2.67. The van der Waals surface area contributed by atoms with Crippen molar-refractivity contribution >= 4 is 0 Å². The molecule has 0 bridgehead atoms. The lowest BCUT2D eigenvalue weighted by molar-refractivity contribution is 0.0722. The van der Waals surface area contributed by atoms with Gasteiger partial charge in [-0.2, -0.15) is 0 Å². The Labute approximate surface area is 164 Å². The molecule has 1 heterocycles. The summed E-state index contributed by atoms with van der Waals surface area (Å²) in [4.78, 5) is 9.15. The van der Waals surface area contributed by atoms with Crippen LogP contribution in [0.25, 0.3) is 21.6 Å². The lowest BCUT2D eigenvalue weighted by Gasteiger charge is -2.20. The molecule has 2 aromatic rings. The van der Waals surface area contributed by atoms with Gasteiger partial charge in [0.1, 0.15) is 6.67 Å². The molecule has 8 heteroatoms. The van der Waals surface area contributed by atoms with E-state index in [1.807, 2.05) is 50.5 Å². The van der Waals surface area contributed by atoms with Crippen molar-refractivity contribution in [1.29, 1.82) is 0 Å². The van der Waals surface area contributed by atoms with E-state index in [-0.39, 0.29) is 0 Å². The molecule has 7 nitrogen and oxygen atoms in total. The number of alkyl halides is 1. The van der Waals surface area contributed by atoms with Crippen LogP contribution in [0.5, 0.6) is 5.88 Å². The van der Waals surface area contributed by atoms with Crippen LogP contribution in [-0.4, -0.2) is 57.0 Å². The molecule has 2 rings (SSSR count). The summed E-state index contributed by atoms with van der Waals surface area (Å²) in [5.41, 5.74) is 11.2. The van der Waals surface area contributed by atoms with Crippen LogP contribution in [0.4, 0.5) is 4.39 Å². The molecule has 150 valence electrons. The molecule has 0 saturated heterocycles. The second kappa shape index (κ2) is 11.2. The van der Waals surface area contributed by atoms with Crippen LogP contribution in [0, 0.1) is 0 Å². The van der Waals surface area contributed by atoms with Crippen LogP contribution >= 0.6 is 0 Å². The first kappa shape index (κ1) is 21.6. The van der Waals surface area contributed by atoms with Crippen molar-refractivity contribution in [3.8, 4) is 17.0 Å². The molecule has 0 aliphatic carbocycles. The third kappa shape index (κ3) is 6.20. The molecule has 28 heavy (non-hydrogen) atoms. The minimum Gasteiger partial charge on any atom is -0.478 e. The van der Waals surface area contributed by atoms with E-state index in [9.17, 15) is 4.39 Å². The number of pyridine rings is 1. The quantitative estimate of drug-likeness (QED) is 0.247. The normalized spacial score (nSPS) is 13.0. The number of ether oxygens (including phenoxy) is 2. The molecule has 2 atom stereocenters. The lowest BCUT2D eigenvalue weighted by Crippen LogP contribution is -2.20. The first-order valence-electron chi connectivity index (χ1n) is 9.06. The summed E-state index contributed by atoms with van der Waals surface area (Å²) in [5, 5.41) is 3.47. The highest BCUT2D eigenvalue weighted by Crippen LogP contribution is 2.27. The molecule has 0 aliphatic rings. The highest BCUT2D eigenvalue weighted by atomic mass is 19.1. The van der Waals surface area contributed by atoms with Gasteiger partial charge in [0.15, 0.2) is 0 Å². The Morgan fingerprint density at radius 1 is 1.18 bits per heavy atom. The van der Waals surface area contributed by atoms with Crippen molar-refractivity contribution in [3.63, 3.8) is 0 Å². The zero-order chi connectivity index (χ0) is 20.4. The van der Waals surface area contributed by atoms with E-state index in [0.29, 0.717) is 12.5 Å². The largest absolute Gasteiger partial charge is 0.478 e. The molecule has 0 saturated carbocycles. The lowest BCUT2D eigenvalue weighted by atomic mass is 10.00. The molecule has 0 amide bonds. The van der Waals surface area contributed by atoms with Gasteiger partial charge in [-0.15, -0.1) is 0 Å². The average molecular weight is 387 g/mol. The van der Waals surface area contributed by atoms with E-state index in [0.717, 1.165) is 29.7 Å². The fraction of sp³-hybridized carbons (Fsp3) is 0.450. The van der Waals surface area contributed by atoms with Gasteiger partial charge in [0.2, 0.25) is 5.88 Å². The van der Waals surface area contributed by atoms with Gasteiger partial charge in [0.25, 0.3) is 0 Å². The van der Waals surface area contributed by atoms with Crippen molar-refractivity contribution in [2.75, 3.05) is 41.0 Å². The minimum atomic E-state index is -0.897. The molecule has 0 spiro atoms. The Kier molecular flexibility index (Phi) is 8.68. The van der Waals surface area contributed by atoms with E-state index in [1.54, 1.807) is 6.20 Å². The molecule has 0 aliphatic heterocycles. The fourth-order valence-electron chi connectivity index (χ4n) is 2.81. The topological polar surface area (TPSA) is 83.4 Å². The molecular weight excluding hydrogens is 361 g/mol. The van der Waals surface area contributed by atoms with Crippen LogP contribution in [0.3, 0.4) is 0 Å². The number of halogens is 1. The summed E-state index contributed by atoms with van der Waals surface area (Å²) in [6.45, 7) is 0.804. The Morgan fingerprint density at radius 2 is 1.89 bits per heavy atom. The number of nitrogens with zero attached hydrogens (tertiary/aromatic N) is 5. The maximum Gasteiger partial charge on any atom is 0.213 e. The van der Waals surface area contributed by atoms with Crippen LogP contribution in [0.15, 0.2) is 47.7 Å². The van der Waals surface area contributed by atoms with E-state index in [2.05, 4.69) is 19.9 Å². The maximum atomic E-state index is 13.1. The smallest absolute Gasteiger partial charge is 0.213 e. The Morgan fingerprint density at radius 3 is 2.43 bits per heavy atom. The standard InChI is InChI=1S/C20H26FN5O2/c1-26(2)11-4-12-28-19-10-9-17(14-23-19)15-5-7-16(8-6-15)20(27-3)18(13-21)24-25-22/h5-10,14,18,20H,4,11-13H2,1-3H3/t18-,20-/m1/s1. The second-order valence-corrected chi connectivity index (χ2v) is 6.60. The molecule has 0 fully saturated rings. The zero-order valence-corrected chi connectivity index (χ0v) is 16.5. The van der Waals surface area contributed by atoms with Gasteiger partial charge in [-0.1, -0.05) is 29.4 Å². The fourth-order valence-corrected chi connectivity index (χ4v) is 2.81. The van der Waals surface area contributed by atoms with Crippen molar-refractivity contribution < 1.29 is 13.9 Å². The molecule has 0 unspecified atom stereocenters. The van der Waals surface area contributed by atoms with Gasteiger partial charge in [-0.05, 0) is 43.2 Å². The Bertz CT molecular complexity index is 761. The van der Waals surface area contributed by atoms with Crippen molar-refractivity contribution in [2.45, 2.75) is 18.6 Å². The number of aromatic nitrogens is 1. The molecule has 0 radical (unpaired) electrons. The van der Waals surface area contributed by atoms with Crippen LogP contribution in [0.2, 0.25) is 0 Å². The zero-order valence-electron chi connectivity index (χ0n) is 16.5. The van der Waals surface area contributed by atoms with Gasteiger partial charge in [-0.3, -0.25) is 4.39 Å². The van der Waals surface area contributed by atoms with Crippen molar-refractivity contribution in [3.05, 3.63) is 58.6 Å². The number of benzene rings is 1. The van der Waals surface area contributed by atoms with Gasteiger partial charge in [-0.25, -0.2) is 4.98 Å². The van der Waals surface area contributed by atoms with E-state index >= 15 is 0 Å². The summed E-state index contributed by atoms with van der Waals surface area (Å²) in [6.07, 6.45) is 2.06. The third-order valence-electron chi connectivity index (χ3n) is 4.27. The van der Waals surface area contributed by atoms with E-state index < -0.39 is 18.8 Å². The molecule has 1 aromatic heterocycles. The monoisotopic (exact) mass is 387 g/mol. The number of rotatable bonds is 11. The molecule has 1 aromatic carbocycles. The summed E-state index contributed by atoms with van der Waals surface area (Å²) in [5.74, 6) is 0.596. The third-order valence-corrected chi connectivity index (χ3v) is 4.27. The predicted molar refractivity (Wildman–Crippen MR) is 107 cm³/mol. The van der Waals surface area contributed by atoms with Crippen molar-refractivity contribution in [1.82, 2.24) is 9.88 Å². The highest BCUT2D eigenvalue weighted by molar-refractivity contribution is 5.63. The first-order chi connectivity index (χ1) is 13.6. The second-order valence-electron chi connectivity index (χ2n) is 6.60. The van der Waals surface area contributed by atoms with Gasteiger partial charge in [0.05, 0.1) is 18.8 Å². The summed E-state index contributed by atoms with van der Waals surface area (Å²) >= 11 is 0. The highest BCUT2D eigenvalue weighted by Gasteiger charge is 2.22. The average Bonchev–Trinajstić information content (AvgIpc) is 2.72. The first-order valence-corrected chi connectivity index (χ1v) is 9.06. The summed E-state index contributed by atoms with van der Waals surface area (Å²) in [7, 11) is 5.53. The number of hydrogen-bond donors (Lipinski definition) is 0. The van der Waals surface area contributed by atoms with Crippen LogP contribution in [0.1, 0.15) is 18.1 Å². The SMILES string of the molecule is CO[C@H](c1ccc(-c2ccc(OCCCN(C)C)nc2)cc1)[C@@H](CF)N=[N+]=[N-]. The molecular formula is C20H26FN5O2. The van der Waals surface area contributed by atoms with Crippen LogP contribution < -0.4 is 4.74 Å². The number of azide groups is 1. The van der Waals surface area contributed by atoms with Gasteiger partial charge >= 0.3 is 0 Å². The summed E-state index contributed by atoms with van der Waals surface area (Å²) in [6, 6.07) is 10.4. The van der Waals surface area contributed by atoms with Crippen molar-refractivity contribution in [2.24, 2.45) is 5.11 Å². The maximum absolute atomic E-state index is 13.1. The number of hydrogen-bond acceptors (Lipinski definition) is 5. The number of methoxy groups -OCH3 is 1. The van der Waals surface area contributed by atoms with E-state index in [1.165, 1.54) is 7.11 Å². The molecule has 0 N–H and O–H groups in total. The van der Waals surface area contributed by atoms with Crippen LogP contribution in [-0.2, 0) is 4.74 Å². The summed E-state index contributed by atoms with van der Waals surface area (Å²) < 4.78 is 24.1. The minimum absolute atomic E-state index is 0.596. The van der Waals surface area contributed by atoms with E-state index in [4.69, 9.17) is 15.0 Å². The predicted octanol–water partition coefficient (Wildman–Crippen LogP) is 4.42.